The van der Waals surface area contributed by atoms with E-state index in [9.17, 15) is 10.2 Å². The van der Waals surface area contributed by atoms with Gasteiger partial charge >= 0.3 is 7.48 Å². The molecule has 0 fully saturated rings. The maximum Gasteiger partial charge on any atom is 0.331 e. The van der Waals surface area contributed by atoms with Crippen LogP contribution in [0.4, 0.5) is 0 Å². The summed E-state index contributed by atoms with van der Waals surface area (Å²) in [5, 5.41) is 22.6. The van der Waals surface area contributed by atoms with E-state index in [1.807, 2.05) is 50.2 Å². The van der Waals surface area contributed by atoms with Gasteiger partial charge in [0.2, 0.25) is 0 Å². The van der Waals surface area contributed by atoms with Gasteiger partial charge in [0.25, 0.3) is 0 Å². The lowest BCUT2D eigenvalue weighted by Crippen LogP contribution is -2.49. The molecule has 2 aromatic rings. The average molecular weight is 313 g/mol. The van der Waals surface area contributed by atoms with Crippen LogP contribution in [-0.4, -0.2) is 28.9 Å². The molecule has 0 saturated heterocycles. The molecule has 0 amide bonds. The Morgan fingerprint density at radius 3 is 1.91 bits per heavy atom. The maximum atomic E-state index is 10.4. The molecule has 0 bridgehead atoms. The summed E-state index contributed by atoms with van der Waals surface area (Å²) < 4.78 is 5.88. The van der Waals surface area contributed by atoms with Crippen molar-refractivity contribution in [3.05, 3.63) is 42.0 Å². The Kier molecular flexibility index (Phi) is 4.64. The van der Waals surface area contributed by atoms with Crippen LogP contribution in [0, 0.1) is 0 Å². The zero-order valence-electron chi connectivity index (χ0n) is 14.8. The Bertz CT molecular complexity index is 694. The standard InChI is InChI=1S/C19H26BO3/c1-17(2,21)15-11-12-16(14-10-8-7-9-13(14)15)20-23-19(5,6)18(3,4)22/h7-12,21-22H,1-6H3. The van der Waals surface area contributed by atoms with E-state index in [1.165, 1.54) is 0 Å². The third-order valence-corrected chi connectivity index (χ3v) is 4.57. The van der Waals surface area contributed by atoms with Crippen LogP contribution in [0.3, 0.4) is 0 Å². The van der Waals surface area contributed by atoms with Gasteiger partial charge in [-0.2, -0.15) is 0 Å². The highest BCUT2D eigenvalue weighted by atomic mass is 16.5. The van der Waals surface area contributed by atoms with E-state index in [2.05, 4.69) is 0 Å². The number of fused-ring (bicyclic) bond motifs is 1. The lowest BCUT2D eigenvalue weighted by Gasteiger charge is -2.37. The second kappa shape index (κ2) is 5.93. The third-order valence-electron chi connectivity index (χ3n) is 4.57. The van der Waals surface area contributed by atoms with Gasteiger partial charge in [0.15, 0.2) is 0 Å². The summed E-state index contributed by atoms with van der Waals surface area (Å²) in [6, 6.07) is 11.8. The zero-order chi connectivity index (χ0) is 17.5. The first-order chi connectivity index (χ1) is 10.4. The molecule has 0 heterocycles. The normalized spacial score (nSPS) is 13.4. The van der Waals surface area contributed by atoms with Gasteiger partial charge in [0, 0.05) is 0 Å². The van der Waals surface area contributed by atoms with E-state index in [0.29, 0.717) is 0 Å². The number of hydrogen-bond acceptors (Lipinski definition) is 3. The molecule has 4 heteroatoms. The maximum absolute atomic E-state index is 10.4. The van der Waals surface area contributed by atoms with E-state index >= 15 is 0 Å². The summed E-state index contributed by atoms with van der Waals surface area (Å²) in [6.07, 6.45) is 0. The van der Waals surface area contributed by atoms with Gasteiger partial charge in [-0.05, 0) is 63.3 Å². The first-order valence-electron chi connectivity index (χ1n) is 7.91. The SMILES string of the molecule is CC(C)(O)c1ccc([B]OC(C)(C)C(C)(C)O)c2ccccc12. The van der Waals surface area contributed by atoms with E-state index < -0.39 is 16.8 Å². The van der Waals surface area contributed by atoms with Gasteiger partial charge < -0.3 is 14.9 Å². The smallest absolute Gasteiger partial charge is 0.331 e. The fourth-order valence-electron chi connectivity index (χ4n) is 2.31. The topological polar surface area (TPSA) is 49.7 Å². The lowest BCUT2D eigenvalue weighted by molar-refractivity contribution is -0.0893. The highest BCUT2D eigenvalue weighted by molar-refractivity contribution is 6.51. The molecule has 2 N–H and O–H groups in total. The van der Waals surface area contributed by atoms with Crippen LogP contribution in [-0.2, 0) is 10.3 Å². The lowest BCUT2D eigenvalue weighted by atomic mass is 9.78. The molecular weight excluding hydrogens is 287 g/mol. The zero-order valence-corrected chi connectivity index (χ0v) is 14.8. The van der Waals surface area contributed by atoms with Gasteiger partial charge in [-0.3, -0.25) is 0 Å². The molecule has 0 saturated carbocycles. The Labute approximate surface area is 139 Å². The molecule has 0 aliphatic carbocycles. The molecule has 23 heavy (non-hydrogen) atoms. The molecule has 0 aliphatic rings. The van der Waals surface area contributed by atoms with Crippen LogP contribution in [0.1, 0.15) is 47.1 Å². The van der Waals surface area contributed by atoms with Crippen LogP contribution in [0.25, 0.3) is 10.8 Å². The van der Waals surface area contributed by atoms with Crippen molar-refractivity contribution in [2.24, 2.45) is 0 Å². The fourth-order valence-corrected chi connectivity index (χ4v) is 2.31. The van der Waals surface area contributed by atoms with Gasteiger partial charge in [0.05, 0.1) is 16.8 Å². The highest BCUT2D eigenvalue weighted by Gasteiger charge is 2.35. The average Bonchev–Trinajstić information content (AvgIpc) is 2.42. The predicted octanol–water partition coefficient (Wildman–Crippen LogP) is 2.88. The van der Waals surface area contributed by atoms with E-state index in [-0.39, 0.29) is 0 Å². The van der Waals surface area contributed by atoms with Crippen LogP contribution < -0.4 is 5.46 Å². The van der Waals surface area contributed by atoms with Crippen molar-refractivity contribution >= 4 is 23.7 Å². The third kappa shape index (κ3) is 3.77. The quantitative estimate of drug-likeness (QED) is 0.835. The molecule has 2 rings (SSSR count). The molecule has 0 spiro atoms. The molecule has 123 valence electrons. The minimum atomic E-state index is -0.966. The van der Waals surface area contributed by atoms with Crippen molar-refractivity contribution in [2.75, 3.05) is 0 Å². The highest BCUT2D eigenvalue weighted by Crippen LogP contribution is 2.28. The summed E-state index contributed by atoms with van der Waals surface area (Å²) in [5.74, 6) is 0. The molecular formula is C19H26BO3. The summed E-state index contributed by atoms with van der Waals surface area (Å²) in [4.78, 5) is 0. The van der Waals surface area contributed by atoms with E-state index in [4.69, 9.17) is 4.65 Å². The Morgan fingerprint density at radius 1 is 0.826 bits per heavy atom. The second-order valence-electron chi connectivity index (χ2n) is 7.61. The molecule has 0 aliphatic heterocycles. The Morgan fingerprint density at radius 2 is 1.39 bits per heavy atom. The summed E-state index contributed by atoms with van der Waals surface area (Å²) in [7, 11) is 1.69. The number of hydrogen-bond donors (Lipinski definition) is 2. The van der Waals surface area contributed by atoms with Gasteiger partial charge in [0.1, 0.15) is 0 Å². The fraction of sp³-hybridized carbons (Fsp3) is 0.474. The number of rotatable bonds is 5. The van der Waals surface area contributed by atoms with Crippen LogP contribution in [0.15, 0.2) is 36.4 Å². The summed E-state index contributed by atoms with van der Waals surface area (Å²) in [6.45, 7) is 10.7. The van der Waals surface area contributed by atoms with Crippen LogP contribution in [0.5, 0.6) is 0 Å². The Balaban J connectivity index is 2.41. The molecule has 0 atom stereocenters. The van der Waals surface area contributed by atoms with Gasteiger partial charge in [-0.15, -0.1) is 0 Å². The van der Waals surface area contributed by atoms with Crippen molar-refractivity contribution in [3.63, 3.8) is 0 Å². The van der Waals surface area contributed by atoms with Crippen molar-refractivity contribution < 1.29 is 14.9 Å². The monoisotopic (exact) mass is 313 g/mol. The predicted molar refractivity (Wildman–Crippen MR) is 96.0 cm³/mol. The van der Waals surface area contributed by atoms with Crippen molar-refractivity contribution in [3.8, 4) is 0 Å². The molecule has 3 nitrogen and oxygen atoms in total. The molecule has 2 aromatic carbocycles. The minimum absolute atomic E-state index is 0.719. The van der Waals surface area contributed by atoms with E-state index in [1.54, 1.807) is 35.2 Å². The summed E-state index contributed by atoms with van der Waals surface area (Å²) >= 11 is 0. The number of benzene rings is 2. The Hall–Kier alpha value is -1.36. The van der Waals surface area contributed by atoms with Gasteiger partial charge in [-0.1, -0.05) is 36.4 Å². The first-order valence-corrected chi connectivity index (χ1v) is 7.91. The minimum Gasteiger partial charge on any atom is -0.427 e. The van der Waals surface area contributed by atoms with Crippen LogP contribution in [0.2, 0.25) is 0 Å². The van der Waals surface area contributed by atoms with Crippen molar-refractivity contribution in [1.82, 2.24) is 0 Å². The molecule has 0 unspecified atom stereocenters. The summed E-state index contributed by atoms with van der Waals surface area (Å²) in [5.41, 5.74) is -0.793. The van der Waals surface area contributed by atoms with E-state index in [0.717, 1.165) is 21.8 Å². The molecule has 0 aromatic heterocycles. The van der Waals surface area contributed by atoms with Crippen molar-refractivity contribution in [2.45, 2.75) is 58.3 Å². The molecule has 1 radical (unpaired) electrons. The van der Waals surface area contributed by atoms with Crippen molar-refractivity contribution in [1.29, 1.82) is 0 Å². The second-order valence-corrected chi connectivity index (χ2v) is 7.61. The first kappa shape index (κ1) is 18.0. The number of aliphatic hydroxyl groups is 2. The van der Waals surface area contributed by atoms with Crippen LogP contribution >= 0.6 is 0 Å². The van der Waals surface area contributed by atoms with Gasteiger partial charge in [-0.25, -0.2) is 0 Å². The largest absolute Gasteiger partial charge is 0.427 e.